The second-order valence-corrected chi connectivity index (χ2v) is 12.6. The summed E-state index contributed by atoms with van der Waals surface area (Å²) in [4.78, 5) is 28.9. The largest absolute Gasteiger partial charge is 0.495 e. The fourth-order valence-corrected chi connectivity index (χ4v) is 6.55. The van der Waals surface area contributed by atoms with Crippen molar-refractivity contribution in [1.29, 1.82) is 0 Å². The number of nitrogens with zero attached hydrogens (tertiary/aromatic N) is 2. The smallest absolute Gasteiger partial charge is 0.264 e. The molecule has 0 radical (unpaired) electrons. The van der Waals surface area contributed by atoms with E-state index in [1.807, 2.05) is 6.92 Å². The van der Waals surface area contributed by atoms with Crippen molar-refractivity contribution in [2.45, 2.75) is 63.1 Å². The van der Waals surface area contributed by atoms with Crippen molar-refractivity contribution in [3.63, 3.8) is 0 Å². The van der Waals surface area contributed by atoms with Crippen LogP contribution in [0.4, 0.5) is 5.69 Å². The zero-order chi connectivity index (χ0) is 29.6. The summed E-state index contributed by atoms with van der Waals surface area (Å²) in [6.07, 6.45) is 3.91. The number of methoxy groups -OCH3 is 1. The quantitative estimate of drug-likeness (QED) is 0.322. The highest BCUT2D eigenvalue weighted by Crippen LogP contribution is 2.33. The van der Waals surface area contributed by atoms with Gasteiger partial charge in [0.15, 0.2) is 0 Å². The van der Waals surface area contributed by atoms with Gasteiger partial charge in [-0.15, -0.1) is 0 Å². The van der Waals surface area contributed by atoms with Crippen LogP contribution in [-0.4, -0.2) is 50.9 Å². The summed E-state index contributed by atoms with van der Waals surface area (Å²) in [5, 5.41) is 3.62. The standard InChI is InChI=1S/C31H36ClN3O5S/c1-22-13-18-29(40-3)28(19-22)35(41(38,39)27-11-5-4-6-12-27)21-30(36)34(20-24-14-16-25(32)17-15-24)23(2)31(37)33-26-9-7-8-10-26/h4-6,11-19,23,26H,7-10,20-21H2,1-3H3,(H,33,37). The van der Waals surface area contributed by atoms with Gasteiger partial charge in [-0.05, 0) is 74.2 Å². The van der Waals surface area contributed by atoms with Crippen LogP contribution in [0.25, 0.3) is 0 Å². The first-order valence-corrected chi connectivity index (χ1v) is 15.5. The summed E-state index contributed by atoms with van der Waals surface area (Å²) >= 11 is 6.08. The SMILES string of the molecule is COc1ccc(C)cc1N(CC(=O)N(Cc1ccc(Cl)cc1)C(C)C(=O)NC1CCCC1)S(=O)(=O)c1ccccc1. The van der Waals surface area contributed by atoms with Gasteiger partial charge in [0.2, 0.25) is 11.8 Å². The average Bonchev–Trinajstić information content (AvgIpc) is 3.48. The third-order valence-corrected chi connectivity index (χ3v) is 9.37. The molecule has 3 aromatic rings. The molecule has 8 nitrogen and oxygen atoms in total. The van der Waals surface area contributed by atoms with Gasteiger partial charge in [0.05, 0.1) is 17.7 Å². The van der Waals surface area contributed by atoms with E-state index in [2.05, 4.69) is 5.32 Å². The number of rotatable bonds is 11. The van der Waals surface area contributed by atoms with Crippen molar-refractivity contribution in [3.05, 3.63) is 88.9 Å². The van der Waals surface area contributed by atoms with Crippen LogP contribution in [0, 0.1) is 6.92 Å². The second kappa shape index (κ2) is 13.4. The molecule has 0 spiro atoms. The minimum atomic E-state index is -4.19. The lowest BCUT2D eigenvalue weighted by Gasteiger charge is -2.33. The number of hydrogen-bond donors (Lipinski definition) is 1. The maximum Gasteiger partial charge on any atom is 0.264 e. The fourth-order valence-electron chi connectivity index (χ4n) is 4.99. The lowest BCUT2D eigenvalue weighted by molar-refractivity contribution is -0.139. The summed E-state index contributed by atoms with van der Waals surface area (Å²) < 4.78 is 34.6. The summed E-state index contributed by atoms with van der Waals surface area (Å²) in [5.41, 5.74) is 1.79. The van der Waals surface area contributed by atoms with E-state index in [4.69, 9.17) is 16.3 Å². The van der Waals surface area contributed by atoms with Crippen LogP contribution in [0.2, 0.25) is 5.02 Å². The van der Waals surface area contributed by atoms with Gasteiger partial charge in [0.25, 0.3) is 10.0 Å². The van der Waals surface area contributed by atoms with Crippen LogP contribution in [0.5, 0.6) is 5.75 Å². The Balaban J connectivity index is 1.72. The predicted molar refractivity (Wildman–Crippen MR) is 161 cm³/mol. The highest BCUT2D eigenvalue weighted by molar-refractivity contribution is 7.92. The number of hydrogen-bond acceptors (Lipinski definition) is 5. The molecule has 1 aliphatic carbocycles. The molecule has 0 aromatic heterocycles. The minimum Gasteiger partial charge on any atom is -0.495 e. The van der Waals surface area contributed by atoms with Gasteiger partial charge in [-0.3, -0.25) is 13.9 Å². The molecular weight excluding hydrogens is 562 g/mol. The highest BCUT2D eigenvalue weighted by atomic mass is 35.5. The molecular formula is C31H36ClN3O5S. The average molecular weight is 598 g/mol. The normalized spacial score (nSPS) is 14.3. The van der Waals surface area contributed by atoms with E-state index < -0.39 is 28.5 Å². The lowest BCUT2D eigenvalue weighted by atomic mass is 10.1. The van der Waals surface area contributed by atoms with E-state index >= 15 is 0 Å². The monoisotopic (exact) mass is 597 g/mol. The third kappa shape index (κ3) is 7.40. The molecule has 0 bridgehead atoms. The number of benzene rings is 3. The Hall–Kier alpha value is -3.56. The van der Waals surface area contributed by atoms with E-state index in [0.29, 0.717) is 10.8 Å². The number of amides is 2. The van der Waals surface area contributed by atoms with Crippen LogP contribution < -0.4 is 14.4 Å². The van der Waals surface area contributed by atoms with Gasteiger partial charge in [0, 0.05) is 17.6 Å². The minimum absolute atomic E-state index is 0.0348. The van der Waals surface area contributed by atoms with E-state index in [0.717, 1.165) is 41.1 Å². The number of nitrogens with one attached hydrogen (secondary N) is 1. The van der Waals surface area contributed by atoms with E-state index in [1.54, 1.807) is 67.6 Å². The first kappa shape index (κ1) is 30.4. The number of halogens is 1. The molecule has 2 amide bonds. The number of aryl methyl sites for hydroxylation is 1. The number of carbonyl (C=O) groups excluding carboxylic acids is 2. The van der Waals surface area contributed by atoms with E-state index in [9.17, 15) is 18.0 Å². The zero-order valence-electron chi connectivity index (χ0n) is 23.5. The number of ether oxygens (including phenoxy) is 1. The molecule has 1 fully saturated rings. The van der Waals surface area contributed by atoms with Crippen molar-refractivity contribution in [2.75, 3.05) is 18.0 Å². The maximum atomic E-state index is 14.1. The van der Waals surface area contributed by atoms with Crippen LogP contribution in [0.3, 0.4) is 0 Å². The number of anilines is 1. The Labute approximate surface area is 247 Å². The molecule has 3 aromatic carbocycles. The first-order chi connectivity index (χ1) is 19.6. The number of sulfonamides is 1. The highest BCUT2D eigenvalue weighted by Gasteiger charge is 2.34. The topological polar surface area (TPSA) is 96.0 Å². The van der Waals surface area contributed by atoms with Gasteiger partial charge in [0.1, 0.15) is 18.3 Å². The number of carbonyl (C=O) groups is 2. The molecule has 0 heterocycles. The first-order valence-electron chi connectivity index (χ1n) is 13.7. The van der Waals surface area contributed by atoms with Gasteiger partial charge in [-0.25, -0.2) is 8.42 Å². The van der Waals surface area contributed by atoms with E-state index in [-0.39, 0.29) is 29.1 Å². The Morgan fingerprint density at radius 2 is 1.68 bits per heavy atom. The Morgan fingerprint density at radius 1 is 1.02 bits per heavy atom. The van der Waals surface area contributed by atoms with Crippen molar-refractivity contribution in [2.24, 2.45) is 0 Å². The van der Waals surface area contributed by atoms with Crippen molar-refractivity contribution >= 4 is 39.1 Å². The molecule has 1 atom stereocenters. The zero-order valence-corrected chi connectivity index (χ0v) is 25.1. The lowest BCUT2D eigenvalue weighted by Crippen LogP contribution is -2.52. The van der Waals surface area contributed by atoms with Crippen molar-refractivity contribution < 1.29 is 22.7 Å². The Morgan fingerprint density at radius 3 is 2.32 bits per heavy atom. The second-order valence-electron chi connectivity index (χ2n) is 10.3. The molecule has 0 aliphatic heterocycles. The molecule has 1 N–H and O–H groups in total. The van der Waals surface area contributed by atoms with Crippen LogP contribution >= 0.6 is 11.6 Å². The third-order valence-electron chi connectivity index (χ3n) is 7.35. The summed E-state index contributed by atoms with van der Waals surface area (Å²) in [6, 6.07) is 19.3. The molecule has 10 heteroatoms. The molecule has 1 saturated carbocycles. The van der Waals surface area contributed by atoms with Gasteiger partial charge >= 0.3 is 0 Å². The molecule has 0 saturated heterocycles. The van der Waals surface area contributed by atoms with E-state index in [1.165, 1.54) is 24.1 Å². The molecule has 1 aliphatic rings. The molecule has 1 unspecified atom stereocenters. The van der Waals surface area contributed by atoms with Crippen molar-refractivity contribution in [3.8, 4) is 5.75 Å². The molecule has 218 valence electrons. The van der Waals surface area contributed by atoms with Crippen LogP contribution in [-0.2, 0) is 26.2 Å². The molecule has 4 rings (SSSR count). The van der Waals surface area contributed by atoms with Gasteiger partial charge in [-0.1, -0.05) is 60.8 Å². The summed E-state index contributed by atoms with van der Waals surface area (Å²) in [7, 11) is -2.74. The molecule has 41 heavy (non-hydrogen) atoms. The summed E-state index contributed by atoms with van der Waals surface area (Å²) in [6.45, 7) is 3.06. The Kier molecular flexibility index (Phi) is 9.94. The summed E-state index contributed by atoms with van der Waals surface area (Å²) in [5.74, 6) is -0.499. The maximum absolute atomic E-state index is 14.1. The van der Waals surface area contributed by atoms with Crippen molar-refractivity contribution in [1.82, 2.24) is 10.2 Å². The van der Waals surface area contributed by atoms with Crippen LogP contribution in [0.15, 0.2) is 77.7 Å². The fraction of sp³-hybridized carbons (Fsp3) is 0.355. The van der Waals surface area contributed by atoms with Gasteiger partial charge < -0.3 is 15.0 Å². The van der Waals surface area contributed by atoms with Crippen LogP contribution in [0.1, 0.15) is 43.7 Å². The predicted octanol–water partition coefficient (Wildman–Crippen LogP) is 5.33. The Bertz CT molecular complexity index is 1460. The van der Waals surface area contributed by atoms with Gasteiger partial charge in [-0.2, -0.15) is 0 Å².